The number of benzene rings is 1. The molecule has 1 aromatic rings. The topological polar surface area (TPSA) is 49.4 Å². The van der Waals surface area contributed by atoms with Gasteiger partial charge < -0.3 is 10.2 Å². The number of nitrogens with one attached hydrogen (secondary N) is 1. The van der Waals surface area contributed by atoms with Crippen LogP contribution in [0.5, 0.6) is 0 Å². The van der Waals surface area contributed by atoms with E-state index in [-0.39, 0.29) is 10.8 Å². The van der Waals surface area contributed by atoms with Gasteiger partial charge in [-0.3, -0.25) is 4.21 Å². The maximum Gasteiger partial charge on any atom is 0.321 e. The molecule has 122 valence electrons. The van der Waals surface area contributed by atoms with Crippen LogP contribution in [0.2, 0.25) is 0 Å². The van der Waals surface area contributed by atoms with Gasteiger partial charge in [-0.1, -0.05) is 26.0 Å². The molecule has 22 heavy (non-hydrogen) atoms. The predicted molar refractivity (Wildman–Crippen MR) is 92.9 cm³/mol. The van der Waals surface area contributed by atoms with Gasteiger partial charge >= 0.3 is 6.03 Å². The molecule has 4 nitrogen and oxygen atoms in total. The van der Waals surface area contributed by atoms with Crippen LogP contribution in [0.15, 0.2) is 18.2 Å². The van der Waals surface area contributed by atoms with E-state index in [0.717, 1.165) is 24.1 Å². The summed E-state index contributed by atoms with van der Waals surface area (Å²) in [5, 5.41) is 3.05. The fraction of sp³-hybridized carbons (Fsp3) is 0.588. The molecule has 0 spiro atoms. The minimum Gasteiger partial charge on any atom is -0.322 e. The molecule has 1 N–H and O–H groups in total. The number of hydrogen-bond donors (Lipinski definition) is 1. The van der Waals surface area contributed by atoms with E-state index in [9.17, 15) is 9.00 Å². The van der Waals surface area contributed by atoms with E-state index in [0.29, 0.717) is 18.8 Å². The van der Waals surface area contributed by atoms with Crippen molar-refractivity contribution in [1.82, 2.24) is 4.90 Å². The Morgan fingerprint density at radius 3 is 2.64 bits per heavy atom. The maximum absolute atomic E-state index is 12.5. The molecule has 0 aliphatic carbocycles. The van der Waals surface area contributed by atoms with E-state index in [1.165, 1.54) is 5.56 Å². The van der Waals surface area contributed by atoms with Crippen molar-refractivity contribution in [3.63, 3.8) is 0 Å². The normalized spacial score (nSPS) is 20.7. The van der Waals surface area contributed by atoms with Crippen molar-refractivity contribution in [2.24, 2.45) is 0 Å². The van der Waals surface area contributed by atoms with Crippen LogP contribution in [0, 0.1) is 0 Å². The molecule has 0 aromatic heterocycles. The summed E-state index contributed by atoms with van der Waals surface area (Å²) in [7, 11) is -0.867. The van der Waals surface area contributed by atoms with E-state index in [4.69, 9.17) is 0 Å². The van der Waals surface area contributed by atoms with Crippen LogP contribution in [0.3, 0.4) is 0 Å². The molecule has 1 aromatic carbocycles. The number of rotatable bonds is 3. The number of carbonyl (C=O) groups is 1. The minimum atomic E-state index is -0.867. The maximum atomic E-state index is 12.5. The van der Waals surface area contributed by atoms with Crippen molar-refractivity contribution >= 4 is 22.5 Å². The second-order valence-corrected chi connectivity index (χ2v) is 8.56. The van der Waals surface area contributed by atoms with Crippen molar-refractivity contribution in [2.45, 2.75) is 45.3 Å². The van der Waals surface area contributed by atoms with Gasteiger partial charge in [-0.2, -0.15) is 0 Å². The molecule has 1 aliphatic heterocycles. The minimum absolute atomic E-state index is 0.0901. The number of amides is 2. The third-order valence-electron chi connectivity index (χ3n) is 4.23. The Labute approximate surface area is 135 Å². The number of nitrogens with zero attached hydrogens (tertiary/aromatic N) is 1. The van der Waals surface area contributed by atoms with Crippen LogP contribution in [-0.4, -0.2) is 38.7 Å². The first-order valence-electron chi connectivity index (χ1n) is 7.93. The summed E-state index contributed by atoms with van der Waals surface area (Å²) >= 11 is 0. The van der Waals surface area contributed by atoms with Crippen LogP contribution in [-0.2, 0) is 23.6 Å². The Bertz CT molecular complexity index is 584. The lowest BCUT2D eigenvalue weighted by molar-refractivity contribution is 0.207. The quantitative estimate of drug-likeness (QED) is 0.929. The first-order valence-corrected chi connectivity index (χ1v) is 9.25. The molecule has 2 amide bonds. The molecule has 1 fully saturated rings. The van der Waals surface area contributed by atoms with Gasteiger partial charge in [0.2, 0.25) is 0 Å². The van der Waals surface area contributed by atoms with E-state index in [1.54, 1.807) is 4.90 Å². The standard InChI is InChI=1S/C17H26N2O2S/c1-5-13-7-8-14(6-2)15(11-13)18-16(20)19-9-10-22(21)17(3,4)12-19/h7-8,11H,5-6,9-10,12H2,1-4H3,(H,18,20)/t22-/m0/s1. The highest BCUT2D eigenvalue weighted by molar-refractivity contribution is 7.86. The van der Waals surface area contributed by atoms with Crippen molar-refractivity contribution in [3.8, 4) is 0 Å². The third kappa shape index (κ3) is 3.69. The summed E-state index contributed by atoms with van der Waals surface area (Å²) in [6.07, 6.45) is 1.83. The van der Waals surface area contributed by atoms with Gasteiger partial charge in [-0.05, 0) is 43.9 Å². The lowest BCUT2D eigenvalue weighted by atomic mass is 10.1. The van der Waals surface area contributed by atoms with Crippen molar-refractivity contribution in [2.75, 3.05) is 24.2 Å². The summed E-state index contributed by atoms with van der Waals surface area (Å²) in [4.78, 5) is 14.3. The van der Waals surface area contributed by atoms with Gasteiger partial charge in [-0.25, -0.2) is 4.79 Å². The van der Waals surface area contributed by atoms with Gasteiger partial charge in [0.05, 0.1) is 4.75 Å². The van der Waals surface area contributed by atoms with Crippen LogP contribution in [0.25, 0.3) is 0 Å². The average Bonchev–Trinajstić information content (AvgIpc) is 2.49. The predicted octanol–water partition coefficient (Wildman–Crippen LogP) is 3.19. The number of urea groups is 1. The third-order valence-corrected chi connectivity index (χ3v) is 6.14. The van der Waals surface area contributed by atoms with E-state index < -0.39 is 10.8 Å². The van der Waals surface area contributed by atoms with Crippen LogP contribution >= 0.6 is 0 Å². The fourth-order valence-electron chi connectivity index (χ4n) is 2.72. The largest absolute Gasteiger partial charge is 0.322 e. The Hall–Kier alpha value is -1.36. The van der Waals surface area contributed by atoms with E-state index >= 15 is 0 Å². The number of hydrogen-bond acceptors (Lipinski definition) is 2. The Morgan fingerprint density at radius 2 is 2.05 bits per heavy atom. The summed E-state index contributed by atoms with van der Waals surface area (Å²) in [6, 6.07) is 6.17. The van der Waals surface area contributed by atoms with Crippen LogP contribution in [0.4, 0.5) is 10.5 Å². The van der Waals surface area contributed by atoms with Crippen LogP contribution < -0.4 is 5.32 Å². The SMILES string of the molecule is CCc1ccc(CC)c(NC(=O)N2CC[S@](=O)C(C)(C)C2)c1. The molecular weight excluding hydrogens is 296 g/mol. The average molecular weight is 322 g/mol. The monoisotopic (exact) mass is 322 g/mol. The summed E-state index contributed by atoms with van der Waals surface area (Å²) < 4.78 is 11.6. The summed E-state index contributed by atoms with van der Waals surface area (Å²) in [5.74, 6) is 0.552. The van der Waals surface area contributed by atoms with Crippen LogP contribution in [0.1, 0.15) is 38.8 Å². The first kappa shape index (κ1) is 17.0. The molecule has 5 heteroatoms. The van der Waals surface area contributed by atoms with Crippen molar-refractivity contribution in [1.29, 1.82) is 0 Å². The lowest BCUT2D eigenvalue weighted by Gasteiger charge is -2.37. The van der Waals surface area contributed by atoms with Gasteiger partial charge in [0.1, 0.15) is 0 Å². The fourth-order valence-corrected chi connectivity index (χ4v) is 3.95. The van der Waals surface area contributed by atoms with Gasteiger partial charge in [0, 0.05) is 35.3 Å². The molecule has 1 aliphatic rings. The zero-order valence-electron chi connectivity index (χ0n) is 13.9. The Balaban J connectivity index is 2.13. The number of anilines is 1. The molecule has 2 rings (SSSR count). The first-order chi connectivity index (χ1) is 10.4. The zero-order valence-corrected chi connectivity index (χ0v) is 14.8. The Kier molecular flexibility index (Phi) is 5.27. The highest BCUT2D eigenvalue weighted by Gasteiger charge is 2.35. The molecule has 1 atom stereocenters. The molecule has 0 unspecified atom stereocenters. The van der Waals surface area contributed by atoms with Crippen molar-refractivity contribution in [3.05, 3.63) is 29.3 Å². The van der Waals surface area contributed by atoms with E-state index in [2.05, 4.69) is 37.4 Å². The highest BCUT2D eigenvalue weighted by Crippen LogP contribution is 2.23. The summed E-state index contributed by atoms with van der Waals surface area (Å²) in [6.45, 7) is 9.19. The molecule has 1 heterocycles. The van der Waals surface area contributed by atoms with E-state index in [1.807, 2.05) is 13.8 Å². The zero-order chi connectivity index (χ0) is 16.3. The molecule has 0 bridgehead atoms. The van der Waals surface area contributed by atoms with Gasteiger partial charge in [-0.15, -0.1) is 0 Å². The second kappa shape index (κ2) is 6.82. The molecular formula is C17H26N2O2S. The van der Waals surface area contributed by atoms with Gasteiger partial charge in [0.25, 0.3) is 0 Å². The highest BCUT2D eigenvalue weighted by atomic mass is 32.2. The molecule has 0 radical (unpaired) electrons. The van der Waals surface area contributed by atoms with Crippen molar-refractivity contribution < 1.29 is 9.00 Å². The number of carbonyl (C=O) groups excluding carboxylic acids is 1. The molecule has 0 saturated carbocycles. The van der Waals surface area contributed by atoms with Gasteiger partial charge in [0.15, 0.2) is 0 Å². The molecule has 1 saturated heterocycles. The lowest BCUT2D eigenvalue weighted by Crippen LogP contribution is -2.53. The summed E-state index contributed by atoms with van der Waals surface area (Å²) in [5.41, 5.74) is 3.26. The Morgan fingerprint density at radius 1 is 1.32 bits per heavy atom. The number of aryl methyl sites for hydroxylation is 2. The second-order valence-electron chi connectivity index (χ2n) is 6.36. The smallest absolute Gasteiger partial charge is 0.321 e.